The van der Waals surface area contributed by atoms with E-state index in [2.05, 4.69) is 32.3 Å². The fraction of sp³-hybridized carbons (Fsp3) is 0.500. The number of carbonyl (C=O) groups excluding carboxylic acids is 1. The number of pyridine rings is 1. The van der Waals surface area contributed by atoms with Crippen molar-refractivity contribution in [3.8, 4) is 17.0 Å². The maximum Gasteiger partial charge on any atom is 0.310 e. The lowest BCUT2D eigenvalue weighted by Gasteiger charge is -2.39. The van der Waals surface area contributed by atoms with Gasteiger partial charge in [-0.3, -0.25) is 9.59 Å². The van der Waals surface area contributed by atoms with E-state index < -0.39 is 5.97 Å². The van der Waals surface area contributed by atoms with E-state index in [1.165, 1.54) is 7.11 Å². The molecule has 1 atom stereocenters. The molecule has 1 aliphatic heterocycles. The molecule has 0 amide bonds. The number of benzene rings is 1. The van der Waals surface area contributed by atoms with Crippen LogP contribution in [0.1, 0.15) is 57.7 Å². The standard InChI is InChI=1S/C24H30ClNO4/c1-6-7-8-30-21-9-15-10-22(24(2,3)4)26-14-16(11-23(28)29-5)20(27)13-19(26)17(15)12-18(21)25/h9,12-14,22H,6-8,10-11H2,1-5H3. The molecular weight excluding hydrogens is 402 g/mol. The second-order valence-corrected chi connectivity index (χ2v) is 9.34. The summed E-state index contributed by atoms with van der Waals surface area (Å²) in [5.41, 5.74) is 3.07. The number of esters is 1. The minimum atomic E-state index is -0.423. The number of fused-ring (bicyclic) bond motifs is 3. The molecule has 0 N–H and O–H groups in total. The molecular formula is C24H30ClNO4. The first-order chi connectivity index (χ1) is 14.2. The number of unbranched alkanes of at least 4 members (excludes halogenated alkanes) is 1. The van der Waals surface area contributed by atoms with Crippen LogP contribution in [0.15, 0.2) is 29.2 Å². The number of carbonyl (C=O) groups is 1. The van der Waals surface area contributed by atoms with Gasteiger partial charge in [-0.15, -0.1) is 0 Å². The Morgan fingerprint density at radius 3 is 2.63 bits per heavy atom. The topological polar surface area (TPSA) is 57.5 Å². The monoisotopic (exact) mass is 431 g/mol. The van der Waals surface area contributed by atoms with E-state index in [0.717, 1.165) is 36.1 Å². The van der Waals surface area contributed by atoms with Crippen molar-refractivity contribution < 1.29 is 14.3 Å². The minimum Gasteiger partial charge on any atom is -0.492 e. The molecule has 3 rings (SSSR count). The van der Waals surface area contributed by atoms with Crippen molar-refractivity contribution in [2.24, 2.45) is 5.41 Å². The van der Waals surface area contributed by atoms with Gasteiger partial charge in [-0.2, -0.15) is 0 Å². The summed E-state index contributed by atoms with van der Waals surface area (Å²) >= 11 is 6.52. The maximum absolute atomic E-state index is 12.8. The molecule has 0 radical (unpaired) electrons. The summed E-state index contributed by atoms with van der Waals surface area (Å²) in [4.78, 5) is 24.5. The lowest BCUT2D eigenvalue weighted by Crippen LogP contribution is -2.32. The summed E-state index contributed by atoms with van der Waals surface area (Å²) in [6.45, 7) is 9.29. The zero-order chi connectivity index (χ0) is 22.1. The lowest BCUT2D eigenvalue weighted by atomic mass is 9.78. The Hall–Kier alpha value is -2.27. The van der Waals surface area contributed by atoms with Crippen molar-refractivity contribution in [3.63, 3.8) is 0 Å². The van der Waals surface area contributed by atoms with Crippen LogP contribution in [0.25, 0.3) is 11.3 Å². The summed E-state index contributed by atoms with van der Waals surface area (Å²) in [5.74, 6) is 0.266. The van der Waals surface area contributed by atoms with Crippen molar-refractivity contribution in [1.82, 2.24) is 4.57 Å². The Balaban J connectivity index is 2.13. The van der Waals surface area contributed by atoms with Crippen LogP contribution in [-0.4, -0.2) is 24.3 Å². The molecule has 0 saturated heterocycles. The Bertz CT molecular complexity index is 1000. The summed E-state index contributed by atoms with van der Waals surface area (Å²) in [7, 11) is 1.33. The third-order valence-corrected chi connectivity index (χ3v) is 5.95. The largest absolute Gasteiger partial charge is 0.492 e. The molecule has 2 heterocycles. The molecule has 0 bridgehead atoms. The highest BCUT2D eigenvalue weighted by Gasteiger charge is 2.33. The van der Waals surface area contributed by atoms with Gasteiger partial charge >= 0.3 is 5.97 Å². The zero-order valence-corrected chi connectivity index (χ0v) is 19.1. The predicted molar refractivity (Wildman–Crippen MR) is 119 cm³/mol. The number of methoxy groups -OCH3 is 1. The normalized spacial score (nSPS) is 15.3. The van der Waals surface area contributed by atoms with Crippen molar-refractivity contribution in [2.75, 3.05) is 13.7 Å². The Morgan fingerprint density at radius 1 is 1.27 bits per heavy atom. The number of hydrogen-bond acceptors (Lipinski definition) is 4. The second kappa shape index (κ2) is 8.84. The van der Waals surface area contributed by atoms with E-state index in [9.17, 15) is 9.59 Å². The van der Waals surface area contributed by atoms with Gasteiger partial charge < -0.3 is 14.0 Å². The van der Waals surface area contributed by atoms with Gasteiger partial charge in [-0.1, -0.05) is 45.7 Å². The van der Waals surface area contributed by atoms with Crippen LogP contribution in [0.5, 0.6) is 5.75 Å². The van der Waals surface area contributed by atoms with Crippen LogP contribution in [-0.2, 0) is 22.4 Å². The van der Waals surface area contributed by atoms with Crippen LogP contribution < -0.4 is 10.2 Å². The number of ether oxygens (including phenoxy) is 2. The second-order valence-electron chi connectivity index (χ2n) is 8.94. The van der Waals surface area contributed by atoms with Gasteiger partial charge in [-0.05, 0) is 36.0 Å². The molecule has 162 valence electrons. The van der Waals surface area contributed by atoms with Crippen LogP contribution in [0, 0.1) is 5.41 Å². The van der Waals surface area contributed by atoms with Gasteiger partial charge in [0.15, 0.2) is 5.43 Å². The molecule has 0 fully saturated rings. The van der Waals surface area contributed by atoms with Gasteiger partial charge in [0.1, 0.15) is 5.75 Å². The van der Waals surface area contributed by atoms with E-state index in [4.69, 9.17) is 21.1 Å². The quantitative estimate of drug-likeness (QED) is 0.465. The molecule has 1 aromatic carbocycles. The molecule has 0 aliphatic carbocycles. The highest BCUT2D eigenvalue weighted by Crippen LogP contribution is 2.45. The number of nitrogens with zero attached hydrogens (tertiary/aromatic N) is 1. The fourth-order valence-electron chi connectivity index (χ4n) is 3.90. The van der Waals surface area contributed by atoms with Crippen LogP contribution in [0.4, 0.5) is 0 Å². The SMILES string of the molecule is CCCCOc1cc2c(cc1Cl)-c1cc(=O)c(CC(=O)OC)cn1C(C(C)(C)C)C2. The van der Waals surface area contributed by atoms with Crippen LogP contribution in [0.3, 0.4) is 0 Å². The van der Waals surface area contributed by atoms with Crippen molar-refractivity contribution in [3.05, 3.63) is 50.8 Å². The van der Waals surface area contributed by atoms with Crippen LogP contribution >= 0.6 is 11.6 Å². The fourth-order valence-corrected chi connectivity index (χ4v) is 4.12. The van der Waals surface area contributed by atoms with E-state index >= 15 is 0 Å². The van der Waals surface area contributed by atoms with E-state index in [0.29, 0.717) is 22.9 Å². The Morgan fingerprint density at radius 2 is 2.00 bits per heavy atom. The average molecular weight is 432 g/mol. The van der Waals surface area contributed by atoms with Crippen molar-refractivity contribution in [2.45, 2.75) is 59.4 Å². The van der Waals surface area contributed by atoms with Gasteiger partial charge in [0.2, 0.25) is 0 Å². The Labute approximate surface area is 183 Å². The summed E-state index contributed by atoms with van der Waals surface area (Å²) in [6, 6.07) is 5.63. The first kappa shape index (κ1) is 22.4. The lowest BCUT2D eigenvalue weighted by molar-refractivity contribution is -0.139. The minimum absolute atomic E-state index is 0.0374. The molecule has 0 spiro atoms. The molecule has 30 heavy (non-hydrogen) atoms. The first-order valence-electron chi connectivity index (χ1n) is 10.4. The molecule has 2 aromatic rings. The molecule has 5 nitrogen and oxygen atoms in total. The number of hydrogen-bond donors (Lipinski definition) is 0. The Kier molecular flexibility index (Phi) is 6.61. The predicted octanol–water partition coefficient (Wildman–Crippen LogP) is 5.21. The third kappa shape index (κ3) is 4.56. The smallest absolute Gasteiger partial charge is 0.310 e. The summed E-state index contributed by atoms with van der Waals surface area (Å²) in [5, 5.41) is 0.539. The van der Waals surface area contributed by atoms with E-state index in [1.54, 1.807) is 6.07 Å². The molecule has 0 saturated carbocycles. The number of rotatable bonds is 6. The first-order valence-corrected chi connectivity index (χ1v) is 10.8. The van der Waals surface area contributed by atoms with E-state index in [-0.39, 0.29) is 23.3 Å². The van der Waals surface area contributed by atoms with E-state index in [1.807, 2.05) is 18.3 Å². The van der Waals surface area contributed by atoms with Crippen molar-refractivity contribution in [1.29, 1.82) is 0 Å². The molecule has 6 heteroatoms. The average Bonchev–Trinajstić information content (AvgIpc) is 2.68. The number of halogens is 1. The van der Waals surface area contributed by atoms with Crippen LogP contribution in [0.2, 0.25) is 5.02 Å². The molecule has 1 unspecified atom stereocenters. The van der Waals surface area contributed by atoms with Crippen molar-refractivity contribution >= 4 is 17.6 Å². The summed E-state index contributed by atoms with van der Waals surface area (Å²) in [6.07, 6.45) is 4.59. The maximum atomic E-state index is 12.8. The summed E-state index contributed by atoms with van der Waals surface area (Å²) < 4.78 is 12.8. The van der Waals surface area contributed by atoms with Gasteiger partial charge in [0.05, 0.1) is 30.9 Å². The highest BCUT2D eigenvalue weighted by atomic mass is 35.5. The third-order valence-electron chi connectivity index (χ3n) is 5.66. The number of aromatic nitrogens is 1. The zero-order valence-electron chi connectivity index (χ0n) is 18.4. The van der Waals surface area contributed by atoms with Gasteiger partial charge in [-0.25, -0.2) is 0 Å². The molecule has 1 aliphatic rings. The highest BCUT2D eigenvalue weighted by molar-refractivity contribution is 6.32. The van der Waals surface area contributed by atoms with Gasteiger partial charge in [0.25, 0.3) is 0 Å². The van der Waals surface area contributed by atoms with Gasteiger partial charge in [0, 0.05) is 29.4 Å². The molecule has 1 aromatic heterocycles.